The number of nitrogens with zero attached hydrogens (tertiary/aromatic N) is 2. The molecule has 0 radical (unpaired) electrons. The van der Waals surface area contributed by atoms with Crippen LogP contribution in [0.15, 0.2) is 72.9 Å². The molecule has 0 bridgehead atoms. The Morgan fingerprint density at radius 1 is 1.09 bits per heavy atom. The lowest BCUT2D eigenvalue weighted by Gasteiger charge is -2.42. The quantitative estimate of drug-likeness (QED) is 0.503. The average molecular weight is 462 g/mol. The Morgan fingerprint density at radius 3 is 2.67 bits per heavy atom. The van der Waals surface area contributed by atoms with Crippen LogP contribution in [-0.2, 0) is 11.2 Å². The second-order valence-corrected chi connectivity index (χ2v) is 8.72. The van der Waals surface area contributed by atoms with Crippen molar-refractivity contribution < 1.29 is 9.59 Å². The van der Waals surface area contributed by atoms with E-state index >= 15 is 0 Å². The van der Waals surface area contributed by atoms with Crippen molar-refractivity contribution in [2.24, 2.45) is 0 Å². The summed E-state index contributed by atoms with van der Waals surface area (Å²) in [6, 6.07) is 20.3. The monoisotopic (exact) mass is 461 g/mol. The van der Waals surface area contributed by atoms with Crippen LogP contribution in [0.4, 0.5) is 0 Å². The highest BCUT2D eigenvalue weighted by atomic mass is 35.5. The molecule has 2 unspecified atom stereocenters. The molecule has 2 heterocycles. The van der Waals surface area contributed by atoms with Gasteiger partial charge in [-0.15, -0.1) is 0 Å². The summed E-state index contributed by atoms with van der Waals surface area (Å²) in [5, 5.41) is 3.68. The topological polar surface area (TPSA) is 62.3 Å². The molecule has 5 nitrogen and oxygen atoms in total. The molecule has 2 atom stereocenters. The Labute approximate surface area is 199 Å². The number of hydrogen-bond acceptors (Lipinski definition) is 3. The Bertz CT molecular complexity index is 1120. The third-order valence-electron chi connectivity index (χ3n) is 6.07. The highest BCUT2D eigenvalue weighted by Crippen LogP contribution is 2.43. The summed E-state index contributed by atoms with van der Waals surface area (Å²) in [6.07, 6.45) is 4.20. The van der Waals surface area contributed by atoms with Gasteiger partial charge in [-0.3, -0.25) is 14.6 Å². The van der Waals surface area contributed by atoms with Gasteiger partial charge in [-0.25, -0.2) is 0 Å². The summed E-state index contributed by atoms with van der Waals surface area (Å²) < 4.78 is 0. The molecule has 2 amide bonds. The molecule has 1 N–H and O–H groups in total. The van der Waals surface area contributed by atoms with Crippen molar-refractivity contribution in [3.05, 3.63) is 100 Å². The summed E-state index contributed by atoms with van der Waals surface area (Å²) >= 11 is 6.32. The van der Waals surface area contributed by atoms with Gasteiger partial charge in [0, 0.05) is 42.0 Å². The minimum absolute atomic E-state index is 0.0402. The van der Waals surface area contributed by atoms with Crippen LogP contribution in [0, 0.1) is 0 Å². The summed E-state index contributed by atoms with van der Waals surface area (Å²) in [4.78, 5) is 33.3. The first-order chi connectivity index (χ1) is 16.1. The lowest BCUT2D eigenvalue weighted by molar-refractivity contribution is -0.124. The zero-order valence-electron chi connectivity index (χ0n) is 18.7. The first-order valence-electron chi connectivity index (χ1n) is 11.4. The molecule has 0 saturated carbocycles. The molecule has 170 valence electrons. The van der Waals surface area contributed by atoms with Gasteiger partial charge in [0.2, 0.25) is 5.91 Å². The molecule has 6 heteroatoms. The second kappa shape index (κ2) is 10.6. The number of fused-ring (bicyclic) bond motifs is 1. The summed E-state index contributed by atoms with van der Waals surface area (Å²) in [7, 11) is 0. The van der Waals surface area contributed by atoms with E-state index in [0.29, 0.717) is 30.1 Å². The van der Waals surface area contributed by atoms with Gasteiger partial charge < -0.3 is 10.2 Å². The van der Waals surface area contributed by atoms with Gasteiger partial charge in [0.1, 0.15) is 0 Å². The molecule has 0 spiro atoms. The van der Waals surface area contributed by atoms with Crippen LogP contribution >= 0.6 is 11.6 Å². The Kier molecular flexibility index (Phi) is 7.40. The SMILES string of the molecule is CCCCN1C(=O)c2ccccc2C(C(=O)NCCc2ccccn2)C1c1cccc(Cl)c1. The van der Waals surface area contributed by atoms with Crippen LogP contribution in [0.5, 0.6) is 0 Å². The van der Waals surface area contributed by atoms with Gasteiger partial charge in [-0.1, -0.05) is 61.3 Å². The Balaban J connectivity index is 1.70. The molecular weight excluding hydrogens is 434 g/mol. The smallest absolute Gasteiger partial charge is 0.254 e. The molecule has 4 rings (SSSR count). The second-order valence-electron chi connectivity index (χ2n) is 8.28. The number of carbonyl (C=O) groups excluding carboxylic acids is 2. The van der Waals surface area contributed by atoms with E-state index in [1.54, 1.807) is 6.20 Å². The zero-order chi connectivity index (χ0) is 23.2. The van der Waals surface area contributed by atoms with Gasteiger partial charge in [0.15, 0.2) is 0 Å². The molecule has 0 aliphatic carbocycles. The van der Waals surface area contributed by atoms with Crippen molar-refractivity contribution in [1.29, 1.82) is 0 Å². The third kappa shape index (κ3) is 5.09. The van der Waals surface area contributed by atoms with E-state index < -0.39 is 12.0 Å². The molecular formula is C27H28ClN3O2. The van der Waals surface area contributed by atoms with E-state index in [4.69, 9.17) is 11.6 Å². The molecule has 0 saturated heterocycles. The van der Waals surface area contributed by atoms with Crippen LogP contribution in [-0.4, -0.2) is 34.8 Å². The number of nitrogens with one attached hydrogen (secondary N) is 1. The Hall–Kier alpha value is -3.18. The number of pyridine rings is 1. The summed E-state index contributed by atoms with van der Waals surface area (Å²) in [6.45, 7) is 3.15. The van der Waals surface area contributed by atoms with Crippen molar-refractivity contribution in [3.63, 3.8) is 0 Å². The average Bonchev–Trinajstić information content (AvgIpc) is 2.84. The van der Waals surface area contributed by atoms with Crippen LogP contribution in [0.3, 0.4) is 0 Å². The summed E-state index contributed by atoms with van der Waals surface area (Å²) in [5.41, 5.74) is 3.15. The van der Waals surface area contributed by atoms with Crippen molar-refractivity contribution in [3.8, 4) is 0 Å². The number of halogens is 1. The number of unbranched alkanes of at least 4 members (excludes halogenated alkanes) is 1. The largest absolute Gasteiger partial charge is 0.355 e. The molecule has 0 fully saturated rings. The van der Waals surface area contributed by atoms with Crippen LogP contribution in [0.25, 0.3) is 0 Å². The lowest BCUT2D eigenvalue weighted by Crippen LogP contribution is -2.48. The van der Waals surface area contributed by atoms with Gasteiger partial charge in [0.05, 0.1) is 12.0 Å². The molecule has 1 aliphatic heterocycles. The fraction of sp³-hybridized carbons (Fsp3) is 0.296. The van der Waals surface area contributed by atoms with Crippen LogP contribution in [0.2, 0.25) is 5.02 Å². The minimum Gasteiger partial charge on any atom is -0.355 e. The van der Waals surface area contributed by atoms with E-state index in [1.807, 2.05) is 71.6 Å². The molecule has 33 heavy (non-hydrogen) atoms. The van der Waals surface area contributed by atoms with E-state index in [1.165, 1.54) is 0 Å². The number of amides is 2. The van der Waals surface area contributed by atoms with E-state index in [-0.39, 0.29) is 11.8 Å². The normalized spacial score (nSPS) is 17.5. The molecule has 1 aromatic heterocycles. The zero-order valence-corrected chi connectivity index (χ0v) is 19.5. The lowest BCUT2D eigenvalue weighted by atomic mass is 9.79. The van der Waals surface area contributed by atoms with Crippen molar-refractivity contribution in [1.82, 2.24) is 15.2 Å². The fourth-order valence-corrected chi connectivity index (χ4v) is 4.68. The highest BCUT2D eigenvalue weighted by molar-refractivity contribution is 6.30. The van der Waals surface area contributed by atoms with Crippen molar-refractivity contribution >= 4 is 23.4 Å². The number of hydrogen-bond donors (Lipinski definition) is 1. The third-order valence-corrected chi connectivity index (χ3v) is 6.31. The molecule has 3 aromatic rings. The fourth-order valence-electron chi connectivity index (χ4n) is 4.48. The van der Waals surface area contributed by atoms with Crippen LogP contribution in [0.1, 0.15) is 58.9 Å². The standard InChI is InChI=1S/C27H28ClN3O2/c1-2-3-17-31-25(19-9-8-10-20(28)18-19)24(22-12-4-5-13-23(22)27(31)33)26(32)30-16-14-21-11-6-7-15-29-21/h4-13,15,18,24-25H,2-3,14,16-17H2,1H3,(H,30,32). The van der Waals surface area contributed by atoms with Crippen LogP contribution < -0.4 is 5.32 Å². The number of aromatic nitrogens is 1. The Morgan fingerprint density at radius 2 is 1.91 bits per heavy atom. The molecule has 2 aromatic carbocycles. The van der Waals surface area contributed by atoms with E-state index in [9.17, 15) is 9.59 Å². The van der Waals surface area contributed by atoms with Gasteiger partial charge >= 0.3 is 0 Å². The first kappa shape index (κ1) is 23.0. The number of rotatable bonds is 8. The first-order valence-corrected chi connectivity index (χ1v) is 11.8. The van der Waals surface area contributed by atoms with Gasteiger partial charge in [-0.2, -0.15) is 0 Å². The van der Waals surface area contributed by atoms with Crippen molar-refractivity contribution in [2.45, 2.75) is 38.1 Å². The molecule has 1 aliphatic rings. The predicted octanol–water partition coefficient (Wildman–Crippen LogP) is 5.17. The van der Waals surface area contributed by atoms with Gasteiger partial charge in [-0.05, 0) is 47.9 Å². The van der Waals surface area contributed by atoms with E-state index in [0.717, 1.165) is 29.7 Å². The van der Waals surface area contributed by atoms with Gasteiger partial charge in [0.25, 0.3) is 5.91 Å². The van der Waals surface area contributed by atoms with E-state index in [2.05, 4.69) is 17.2 Å². The number of benzene rings is 2. The van der Waals surface area contributed by atoms with Crippen molar-refractivity contribution in [2.75, 3.05) is 13.1 Å². The maximum Gasteiger partial charge on any atom is 0.254 e. The number of carbonyl (C=O) groups is 2. The summed E-state index contributed by atoms with van der Waals surface area (Å²) in [5.74, 6) is -0.670. The maximum absolute atomic E-state index is 13.6. The minimum atomic E-state index is -0.530. The highest BCUT2D eigenvalue weighted by Gasteiger charge is 2.43. The predicted molar refractivity (Wildman–Crippen MR) is 130 cm³/mol. The maximum atomic E-state index is 13.6.